The molecule has 1 aliphatic rings. The van der Waals surface area contributed by atoms with Crippen LogP contribution in [0.15, 0.2) is 66.7 Å². The molecule has 29 heavy (non-hydrogen) atoms. The Bertz CT molecular complexity index is 974. The lowest BCUT2D eigenvalue weighted by atomic mass is 9.96. The Balaban J connectivity index is 1.40. The van der Waals surface area contributed by atoms with Crippen molar-refractivity contribution in [3.8, 4) is 0 Å². The van der Waals surface area contributed by atoms with Gasteiger partial charge in [0.1, 0.15) is 0 Å². The summed E-state index contributed by atoms with van der Waals surface area (Å²) in [6.45, 7) is 4.51. The lowest BCUT2D eigenvalue weighted by Crippen LogP contribution is -2.29. The average Bonchev–Trinajstić information content (AvgIpc) is 3.22. The van der Waals surface area contributed by atoms with Gasteiger partial charge in [-0.15, -0.1) is 0 Å². The Hall–Kier alpha value is -2.65. The summed E-state index contributed by atoms with van der Waals surface area (Å²) in [5, 5.41) is 6.49. The molecule has 150 valence electrons. The van der Waals surface area contributed by atoms with Crippen LogP contribution in [0.5, 0.6) is 0 Å². The summed E-state index contributed by atoms with van der Waals surface area (Å²) in [6.07, 6.45) is 3.49. The molecule has 0 radical (unpaired) electrons. The molecule has 3 aromatic carbocycles. The minimum atomic E-state index is -0.242. The largest absolute Gasteiger partial charge is 0.462 e. The van der Waals surface area contributed by atoms with Crippen LogP contribution in [0, 0.1) is 0 Å². The molecule has 0 bridgehead atoms. The van der Waals surface area contributed by atoms with Gasteiger partial charge in [-0.3, -0.25) is 0 Å². The maximum absolute atomic E-state index is 11.8. The van der Waals surface area contributed by atoms with Gasteiger partial charge in [0, 0.05) is 12.1 Å². The molecule has 2 unspecified atom stereocenters. The highest BCUT2D eigenvalue weighted by atomic mass is 16.5. The molecule has 1 saturated carbocycles. The van der Waals surface area contributed by atoms with E-state index in [2.05, 4.69) is 66.8 Å². The number of hydrogen-bond acceptors (Lipinski definition) is 3. The van der Waals surface area contributed by atoms with Crippen LogP contribution in [0.3, 0.4) is 0 Å². The van der Waals surface area contributed by atoms with E-state index in [1.54, 1.807) is 0 Å². The molecule has 1 fully saturated rings. The van der Waals surface area contributed by atoms with E-state index in [1.165, 1.54) is 34.7 Å². The minimum absolute atomic E-state index is 0.242. The smallest absolute Gasteiger partial charge is 0.338 e. The number of benzene rings is 3. The maximum Gasteiger partial charge on any atom is 0.338 e. The highest BCUT2D eigenvalue weighted by Gasteiger charge is 2.27. The van der Waals surface area contributed by atoms with Gasteiger partial charge in [0.2, 0.25) is 0 Å². The zero-order valence-electron chi connectivity index (χ0n) is 17.2. The molecule has 0 aromatic heterocycles. The van der Waals surface area contributed by atoms with Gasteiger partial charge >= 0.3 is 5.97 Å². The number of fused-ring (bicyclic) bond motifs is 1. The van der Waals surface area contributed by atoms with Crippen LogP contribution >= 0.6 is 0 Å². The van der Waals surface area contributed by atoms with E-state index in [4.69, 9.17) is 4.74 Å². The van der Waals surface area contributed by atoms with Gasteiger partial charge in [-0.1, -0.05) is 54.6 Å². The van der Waals surface area contributed by atoms with Crippen molar-refractivity contribution in [3.63, 3.8) is 0 Å². The summed E-state index contributed by atoms with van der Waals surface area (Å²) in [6, 6.07) is 24.0. The van der Waals surface area contributed by atoms with Gasteiger partial charge in [0.05, 0.1) is 12.2 Å². The summed E-state index contributed by atoms with van der Waals surface area (Å²) in [7, 11) is 0. The normalized spacial score (nSPS) is 19.9. The van der Waals surface area contributed by atoms with Crippen LogP contribution in [0.2, 0.25) is 0 Å². The first kappa shape index (κ1) is 19.7. The third-order valence-electron chi connectivity index (χ3n) is 6.10. The van der Waals surface area contributed by atoms with E-state index in [-0.39, 0.29) is 5.97 Å². The van der Waals surface area contributed by atoms with Crippen LogP contribution in [0.25, 0.3) is 10.8 Å². The van der Waals surface area contributed by atoms with E-state index in [1.807, 2.05) is 19.1 Å². The van der Waals surface area contributed by atoms with Crippen molar-refractivity contribution in [2.24, 2.45) is 0 Å². The molecule has 3 nitrogen and oxygen atoms in total. The van der Waals surface area contributed by atoms with Crippen molar-refractivity contribution in [2.45, 2.75) is 51.1 Å². The Morgan fingerprint density at radius 1 is 1.03 bits per heavy atom. The summed E-state index contributed by atoms with van der Waals surface area (Å²) < 4.78 is 5.08. The van der Waals surface area contributed by atoms with Crippen LogP contribution < -0.4 is 5.32 Å². The molecule has 1 aliphatic carbocycles. The molecule has 0 aliphatic heterocycles. The van der Waals surface area contributed by atoms with E-state index >= 15 is 0 Å². The molecule has 4 rings (SSSR count). The lowest BCUT2D eigenvalue weighted by Gasteiger charge is -2.21. The fourth-order valence-electron chi connectivity index (χ4n) is 4.61. The topological polar surface area (TPSA) is 38.3 Å². The standard InChI is InChI=1S/C26H29NO2/c1-3-29-26(28)21-13-11-19(12-14-21)22-15-16-23(17-22)27-18(2)24-10-6-8-20-7-4-5-9-25(20)24/h4-14,18,22-23,27H,3,15-17H2,1-2H3/t18?,22-,23?/m0/s1. The molecule has 3 heteroatoms. The number of nitrogens with one attached hydrogen (secondary N) is 1. The first-order valence-electron chi connectivity index (χ1n) is 10.7. The van der Waals surface area contributed by atoms with Gasteiger partial charge in [-0.2, -0.15) is 0 Å². The van der Waals surface area contributed by atoms with E-state index in [0.29, 0.717) is 30.2 Å². The monoisotopic (exact) mass is 387 g/mol. The molecule has 3 aromatic rings. The van der Waals surface area contributed by atoms with Crippen LogP contribution in [-0.2, 0) is 4.74 Å². The van der Waals surface area contributed by atoms with Crippen molar-refractivity contribution < 1.29 is 9.53 Å². The van der Waals surface area contributed by atoms with Gasteiger partial charge in [-0.05, 0) is 73.1 Å². The van der Waals surface area contributed by atoms with Crippen LogP contribution in [0.1, 0.15) is 66.6 Å². The van der Waals surface area contributed by atoms with Crippen molar-refractivity contribution in [2.75, 3.05) is 6.61 Å². The Morgan fingerprint density at radius 2 is 1.79 bits per heavy atom. The highest BCUT2D eigenvalue weighted by molar-refractivity contribution is 5.89. The first-order valence-corrected chi connectivity index (χ1v) is 10.7. The fraction of sp³-hybridized carbons (Fsp3) is 0.346. The number of carbonyl (C=O) groups excluding carboxylic acids is 1. The predicted octanol–water partition coefficient (Wildman–Crippen LogP) is 6.00. The van der Waals surface area contributed by atoms with Gasteiger partial charge < -0.3 is 10.1 Å². The maximum atomic E-state index is 11.8. The predicted molar refractivity (Wildman–Crippen MR) is 118 cm³/mol. The van der Waals surface area contributed by atoms with E-state index in [0.717, 1.165) is 6.42 Å². The van der Waals surface area contributed by atoms with Crippen molar-refractivity contribution >= 4 is 16.7 Å². The Kier molecular flexibility index (Phi) is 5.96. The van der Waals surface area contributed by atoms with Gasteiger partial charge in [0.15, 0.2) is 0 Å². The first-order chi connectivity index (χ1) is 14.2. The molecule has 0 heterocycles. The lowest BCUT2D eigenvalue weighted by molar-refractivity contribution is 0.0526. The Morgan fingerprint density at radius 3 is 2.59 bits per heavy atom. The molecular formula is C26H29NO2. The quantitative estimate of drug-likeness (QED) is 0.527. The summed E-state index contributed by atoms with van der Waals surface area (Å²) in [5.41, 5.74) is 3.32. The van der Waals surface area contributed by atoms with E-state index in [9.17, 15) is 4.79 Å². The molecular weight excluding hydrogens is 358 g/mol. The molecule has 3 atom stereocenters. The zero-order valence-corrected chi connectivity index (χ0v) is 17.2. The second-order valence-corrected chi connectivity index (χ2v) is 8.01. The zero-order chi connectivity index (χ0) is 20.2. The number of carbonyl (C=O) groups is 1. The number of hydrogen-bond donors (Lipinski definition) is 1. The van der Waals surface area contributed by atoms with Crippen molar-refractivity contribution in [1.82, 2.24) is 5.32 Å². The molecule has 0 saturated heterocycles. The second-order valence-electron chi connectivity index (χ2n) is 8.01. The van der Waals surface area contributed by atoms with Crippen LogP contribution in [-0.4, -0.2) is 18.6 Å². The third kappa shape index (κ3) is 4.35. The highest BCUT2D eigenvalue weighted by Crippen LogP contribution is 2.36. The SMILES string of the molecule is CCOC(=O)c1ccc([C@H]2CCC(NC(C)c3cccc4ccccc34)C2)cc1. The van der Waals surface area contributed by atoms with E-state index < -0.39 is 0 Å². The third-order valence-corrected chi connectivity index (χ3v) is 6.10. The molecule has 1 N–H and O–H groups in total. The molecule has 0 amide bonds. The number of esters is 1. The summed E-state index contributed by atoms with van der Waals surface area (Å²) in [5.74, 6) is 0.303. The van der Waals surface area contributed by atoms with Crippen molar-refractivity contribution in [3.05, 3.63) is 83.4 Å². The minimum Gasteiger partial charge on any atom is -0.462 e. The van der Waals surface area contributed by atoms with Crippen LogP contribution in [0.4, 0.5) is 0 Å². The van der Waals surface area contributed by atoms with Gasteiger partial charge in [0.25, 0.3) is 0 Å². The fourth-order valence-corrected chi connectivity index (χ4v) is 4.61. The number of ether oxygens (including phenoxy) is 1. The summed E-state index contributed by atoms with van der Waals surface area (Å²) >= 11 is 0. The summed E-state index contributed by atoms with van der Waals surface area (Å²) in [4.78, 5) is 11.8. The number of rotatable bonds is 6. The van der Waals surface area contributed by atoms with Gasteiger partial charge in [-0.25, -0.2) is 4.79 Å². The van der Waals surface area contributed by atoms with Crippen molar-refractivity contribution in [1.29, 1.82) is 0 Å². The Labute approximate surface area is 173 Å². The second kappa shape index (κ2) is 8.79. The molecule has 0 spiro atoms. The average molecular weight is 388 g/mol.